The number of aromatic nitrogens is 1. The molecule has 0 atom stereocenters. The van der Waals surface area contributed by atoms with Gasteiger partial charge in [0.1, 0.15) is 12.3 Å². The number of alkyl halides is 1. The first-order valence-electron chi connectivity index (χ1n) is 6.99. The first-order chi connectivity index (χ1) is 11.6. The van der Waals surface area contributed by atoms with Crippen LogP contribution in [0, 0.1) is 0 Å². The number of esters is 1. The third kappa shape index (κ3) is 4.39. The zero-order valence-electron chi connectivity index (χ0n) is 12.7. The molecule has 0 aliphatic carbocycles. The smallest absolute Gasteiger partial charge is 0.414 e. The summed E-state index contributed by atoms with van der Waals surface area (Å²) < 4.78 is 14.8. The van der Waals surface area contributed by atoms with Gasteiger partial charge in [-0.05, 0) is 19.1 Å². The Morgan fingerprint density at radius 1 is 1.25 bits per heavy atom. The molecule has 1 aromatic carbocycles. The SMILES string of the molecule is CCOC(=O)c1c(-c2ccc(Cl)cc2)noc1NC(=O)OCCCl. The molecule has 0 aliphatic heterocycles. The second-order valence-corrected chi connectivity index (χ2v) is 5.23. The molecule has 0 saturated carbocycles. The van der Waals surface area contributed by atoms with Crippen LogP contribution < -0.4 is 5.32 Å². The molecule has 1 aromatic heterocycles. The van der Waals surface area contributed by atoms with E-state index in [0.717, 1.165) is 0 Å². The zero-order valence-corrected chi connectivity index (χ0v) is 14.2. The molecule has 7 nitrogen and oxygen atoms in total. The predicted molar refractivity (Wildman–Crippen MR) is 88.6 cm³/mol. The lowest BCUT2D eigenvalue weighted by Crippen LogP contribution is -2.17. The number of amides is 1. The van der Waals surface area contributed by atoms with Gasteiger partial charge in [-0.3, -0.25) is 5.32 Å². The summed E-state index contributed by atoms with van der Waals surface area (Å²) in [4.78, 5) is 23.9. The highest BCUT2D eigenvalue weighted by Crippen LogP contribution is 2.30. The number of halogens is 2. The van der Waals surface area contributed by atoms with E-state index in [1.165, 1.54) is 0 Å². The number of hydrogen-bond donors (Lipinski definition) is 1. The van der Waals surface area contributed by atoms with Crippen molar-refractivity contribution >= 4 is 41.1 Å². The first-order valence-corrected chi connectivity index (χ1v) is 7.90. The molecule has 1 amide bonds. The maximum absolute atomic E-state index is 12.2. The van der Waals surface area contributed by atoms with Crippen molar-refractivity contribution in [3.63, 3.8) is 0 Å². The van der Waals surface area contributed by atoms with Crippen LogP contribution in [0.25, 0.3) is 11.3 Å². The lowest BCUT2D eigenvalue weighted by molar-refractivity contribution is 0.0528. The fourth-order valence-corrected chi connectivity index (χ4v) is 2.04. The van der Waals surface area contributed by atoms with Crippen molar-refractivity contribution in [3.8, 4) is 11.3 Å². The molecule has 0 unspecified atom stereocenters. The molecule has 1 heterocycles. The number of anilines is 1. The molecule has 0 radical (unpaired) electrons. The average molecular weight is 373 g/mol. The quantitative estimate of drug-likeness (QED) is 0.609. The van der Waals surface area contributed by atoms with Gasteiger partial charge >= 0.3 is 12.1 Å². The van der Waals surface area contributed by atoms with Crippen LogP contribution in [0.15, 0.2) is 28.8 Å². The highest BCUT2D eigenvalue weighted by molar-refractivity contribution is 6.30. The van der Waals surface area contributed by atoms with E-state index in [9.17, 15) is 9.59 Å². The van der Waals surface area contributed by atoms with Gasteiger partial charge in [-0.1, -0.05) is 28.9 Å². The van der Waals surface area contributed by atoms with Crippen LogP contribution in [-0.4, -0.2) is 36.3 Å². The molecule has 2 aromatic rings. The fourth-order valence-electron chi connectivity index (χ4n) is 1.83. The number of benzene rings is 1. The molecule has 1 N–H and O–H groups in total. The van der Waals surface area contributed by atoms with Gasteiger partial charge in [0.25, 0.3) is 0 Å². The predicted octanol–water partition coefficient (Wildman–Crippen LogP) is 3.96. The Balaban J connectivity index is 2.35. The summed E-state index contributed by atoms with van der Waals surface area (Å²) in [5.74, 6) is -0.709. The van der Waals surface area contributed by atoms with E-state index >= 15 is 0 Å². The minimum atomic E-state index is -0.819. The first kappa shape index (κ1) is 18.1. The highest BCUT2D eigenvalue weighted by Gasteiger charge is 2.27. The minimum Gasteiger partial charge on any atom is -0.462 e. The summed E-state index contributed by atoms with van der Waals surface area (Å²) in [6.07, 6.45) is -0.819. The van der Waals surface area contributed by atoms with Crippen LogP contribution in [0.1, 0.15) is 17.3 Å². The maximum Gasteiger partial charge on any atom is 0.414 e. The van der Waals surface area contributed by atoms with Crippen molar-refractivity contribution in [2.24, 2.45) is 0 Å². The molecule has 0 spiro atoms. The average Bonchev–Trinajstić information content (AvgIpc) is 2.97. The number of ether oxygens (including phenoxy) is 2. The van der Waals surface area contributed by atoms with Crippen molar-refractivity contribution in [2.45, 2.75) is 6.92 Å². The van der Waals surface area contributed by atoms with Gasteiger partial charge in [0, 0.05) is 10.6 Å². The Labute approximate surface area is 147 Å². The van der Waals surface area contributed by atoms with Crippen LogP contribution >= 0.6 is 23.2 Å². The summed E-state index contributed by atoms with van der Waals surface area (Å²) in [6, 6.07) is 6.61. The van der Waals surface area contributed by atoms with E-state index in [0.29, 0.717) is 10.6 Å². The monoisotopic (exact) mass is 372 g/mol. The van der Waals surface area contributed by atoms with Gasteiger partial charge in [-0.15, -0.1) is 11.6 Å². The van der Waals surface area contributed by atoms with Crippen molar-refractivity contribution in [1.29, 1.82) is 0 Å². The summed E-state index contributed by atoms with van der Waals surface area (Å²) in [5.41, 5.74) is 0.785. The van der Waals surface area contributed by atoms with Crippen LogP contribution in [0.2, 0.25) is 5.02 Å². The number of carbonyl (C=O) groups is 2. The van der Waals surface area contributed by atoms with Crippen LogP contribution in [0.5, 0.6) is 0 Å². The number of nitrogens with zero attached hydrogens (tertiary/aromatic N) is 1. The van der Waals surface area contributed by atoms with Crippen molar-refractivity contribution in [2.75, 3.05) is 24.4 Å². The van der Waals surface area contributed by atoms with E-state index in [1.54, 1.807) is 31.2 Å². The molecule has 0 saturated heterocycles. The number of carbonyl (C=O) groups excluding carboxylic acids is 2. The van der Waals surface area contributed by atoms with Crippen LogP contribution in [-0.2, 0) is 9.47 Å². The second-order valence-electron chi connectivity index (χ2n) is 4.41. The maximum atomic E-state index is 12.2. The van der Waals surface area contributed by atoms with Gasteiger partial charge in [-0.2, -0.15) is 0 Å². The van der Waals surface area contributed by atoms with Gasteiger partial charge < -0.3 is 14.0 Å². The van der Waals surface area contributed by atoms with Gasteiger partial charge in [0.05, 0.1) is 12.5 Å². The lowest BCUT2D eigenvalue weighted by Gasteiger charge is -2.06. The molecule has 0 aliphatic rings. The second kappa shape index (κ2) is 8.56. The van der Waals surface area contributed by atoms with Crippen molar-refractivity contribution in [3.05, 3.63) is 34.9 Å². The van der Waals surface area contributed by atoms with E-state index in [-0.39, 0.29) is 36.2 Å². The Bertz CT molecular complexity index is 715. The Hall–Kier alpha value is -2.25. The summed E-state index contributed by atoms with van der Waals surface area (Å²) in [6.45, 7) is 1.83. The summed E-state index contributed by atoms with van der Waals surface area (Å²) in [5, 5.41) is 6.68. The third-order valence-corrected chi connectivity index (χ3v) is 3.22. The van der Waals surface area contributed by atoms with Crippen LogP contribution in [0.3, 0.4) is 0 Å². The molecule has 9 heteroatoms. The summed E-state index contributed by atoms with van der Waals surface area (Å²) in [7, 11) is 0. The molecular weight excluding hydrogens is 359 g/mol. The Morgan fingerprint density at radius 2 is 1.96 bits per heavy atom. The molecule has 128 valence electrons. The largest absolute Gasteiger partial charge is 0.462 e. The van der Waals surface area contributed by atoms with E-state index in [4.69, 9.17) is 37.2 Å². The number of nitrogens with one attached hydrogen (secondary N) is 1. The van der Waals surface area contributed by atoms with E-state index in [1.807, 2.05) is 0 Å². The Kier molecular flexibility index (Phi) is 6.45. The van der Waals surface area contributed by atoms with E-state index in [2.05, 4.69) is 10.5 Å². The molecular formula is C15H14Cl2N2O5. The standard InChI is InChI=1S/C15H14Cl2N2O5/c1-2-22-14(20)11-12(9-3-5-10(17)6-4-9)19-24-13(11)18-15(21)23-8-7-16/h3-6H,2,7-8H2,1H3,(H,18,21). The number of rotatable bonds is 6. The lowest BCUT2D eigenvalue weighted by atomic mass is 10.1. The Morgan fingerprint density at radius 3 is 2.58 bits per heavy atom. The van der Waals surface area contributed by atoms with E-state index < -0.39 is 12.1 Å². The van der Waals surface area contributed by atoms with Crippen LogP contribution in [0.4, 0.5) is 10.7 Å². The normalized spacial score (nSPS) is 10.3. The molecule has 0 bridgehead atoms. The fraction of sp³-hybridized carbons (Fsp3) is 0.267. The summed E-state index contributed by atoms with van der Waals surface area (Å²) >= 11 is 11.3. The molecule has 2 rings (SSSR count). The van der Waals surface area contributed by atoms with Gasteiger partial charge in [0.15, 0.2) is 5.56 Å². The van der Waals surface area contributed by atoms with Crippen molar-refractivity contribution < 1.29 is 23.6 Å². The molecule has 24 heavy (non-hydrogen) atoms. The topological polar surface area (TPSA) is 90.7 Å². The van der Waals surface area contributed by atoms with Gasteiger partial charge in [-0.25, -0.2) is 9.59 Å². The van der Waals surface area contributed by atoms with Crippen molar-refractivity contribution in [1.82, 2.24) is 5.16 Å². The highest BCUT2D eigenvalue weighted by atomic mass is 35.5. The molecule has 0 fully saturated rings. The van der Waals surface area contributed by atoms with Gasteiger partial charge in [0.2, 0.25) is 5.88 Å². The number of hydrogen-bond acceptors (Lipinski definition) is 6. The minimum absolute atomic E-state index is 0.0120. The third-order valence-electron chi connectivity index (χ3n) is 2.82. The zero-order chi connectivity index (χ0) is 17.5.